The average Bonchev–Trinajstić information content (AvgIpc) is 3.28. The maximum Gasteiger partial charge on any atom is 0.293 e. The summed E-state index contributed by atoms with van der Waals surface area (Å²) in [7, 11) is 0. The first-order chi connectivity index (χ1) is 20.3. The number of hydrazone groups is 1. The number of para-hydroxylation sites is 2. The van der Waals surface area contributed by atoms with Crippen molar-refractivity contribution in [2.24, 2.45) is 16.9 Å². The second-order valence-electron chi connectivity index (χ2n) is 10.5. The van der Waals surface area contributed by atoms with Crippen molar-refractivity contribution < 1.29 is 23.7 Å². The zero-order valence-corrected chi connectivity index (χ0v) is 21.8. The van der Waals surface area contributed by atoms with Crippen molar-refractivity contribution in [3.8, 4) is 0 Å². The van der Waals surface area contributed by atoms with Gasteiger partial charge in [-0.1, -0.05) is 60.7 Å². The first-order valence-corrected chi connectivity index (χ1v) is 13.2. The third-order valence-electron chi connectivity index (χ3n) is 8.54. The molecule has 8 rings (SSSR count). The van der Waals surface area contributed by atoms with Crippen LogP contribution in [0.4, 0.5) is 15.8 Å². The molecule has 2 bridgehead atoms. The molecule has 1 N–H and O–H groups in total. The van der Waals surface area contributed by atoms with E-state index >= 15 is 0 Å². The van der Waals surface area contributed by atoms with Crippen LogP contribution in [-0.2, 0) is 15.0 Å². The first kappa shape index (κ1) is 25.5. The van der Waals surface area contributed by atoms with Crippen LogP contribution in [0.1, 0.15) is 38.5 Å². The maximum absolute atomic E-state index is 14.4. The van der Waals surface area contributed by atoms with Gasteiger partial charge in [-0.15, -0.1) is 0 Å². The second-order valence-corrected chi connectivity index (χ2v) is 10.5. The maximum atomic E-state index is 14.4. The van der Waals surface area contributed by atoms with E-state index in [1.54, 1.807) is 6.07 Å². The summed E-state index contributed by atoms with van der Waals surface area (Å²) < 4.78 is 13.4. The van der Waals surface area contributed by atoms with Gasteiger partial charge in [-0.05, 0) is 52.6 Å². The SMILES string of the molecule is O=C(NN=CC12c3ccccc3C(c3ccccc31)C1C(=O)N(c3ccccc3[N+](=O)[O-])C(=O)C12)c1ccc(F)cc1. The van der Waals surface area contributed by atoms with Gasteiger partial charge in [0.25, 0.3) is 11.6 Å². The zero-order chi connectivity index (χ0) is 29.2. The van der Waals surface area contributed by atoms with E-state index in [-0.39, 0.29) is 16.9 Å². The Labute approximate surface area is 238 Å². The molecule has 0 spiro atoms. The van der Waals surface area contributed by atoms with Crippen LogP contribution in [0.3, 0.4) is 0 Å². The fourth-order valence-electron chi connectivity index (χ4n) is 6.95. The molecule has 1 saturated heterocycles. The standard InChI is InChI=1S/C32H21FN4O5/c33-19-15-13-18(14-16-19)29(38)35-34-17-32-22-9-3-1-7-20(22)26(21-8-2-4-10-23(21)32)27-28(32)31(40)36(30(27)39)24-11-5-6-12-25(24)37(41)42/h1-17,26-28H,(H,35,38). The highest BCUT2D eigenvalue weighted by Gasteiger charge is 2.68. The topological polar surface area (TPSA) is 122 Å². The molecular weight excluding hydrogens is 539 g/mol. The van der Waals surface area contributed by atoms with Crippen molar-refractivity contribution in [3.05, 3.63) is 141 Å². The normalized spacial score (nSPS) is 23.5. The van der Waals surface area contributed by atoms with E-state index in [0.717, 1.165) is 39.3 Å². The van der Waals surface area contributed by atoms with E-state index < -0.39 is 51.6 Å². The quantitative estimate of drug-likeness (QED) is 0.164. The van der Waals surface area contributed by atoms with Crippen molar-refractivity contribution >= 4 is 35.3 Å². The lowest BCUT2D eigenvalue weighted by molar-refractivity contribution is -0.384. The lowest BCUT2D eigenvalue weighted by atomic mass is 9.47. The van der Waals surface area contributed by atoms with E-state index in [1.165, 1.54) is 36.5 Å². The van der Waals surface area contributed by atoms with E-state index in [9.17, 15) is 28.9 Å². The molecule has 3 amide bonds. The number of rotatable bonds is 5. The molecule has 4 aliphatic rings. The molecule has 4 aromatic carbocycles. The van der Waals surface area contributed by atoms with Gasteiger partial charge in [0.05, 0.1) is 22.2 Å². The van der Waals surface area contributed by atoms with Gasteiger partial charge in [0, 0.05) is 23.8 Å². The third-order valence-corrected chi connectivity index (χ3v) is 8.54. The van der Waals surface area contributed by atoms with Crippen molar-refractivity contribution in [3.63, 3.8) is 0 Å². The predicted molar refractivity (Wildman–Crippen MR) is 150 cm³/mol. The summed E-state index contributed by atoms with van der Waals surface area (Å²) in [4.78, 5) is 53.6. The minimum absolute atomic E-state index is 0.0869. The van der Waals surface area contributed by atoms with Gasteiger partial charge in [-0.2, -0.15) is 5.10 Å². The first-order valence-electron chi connectivity index (χ1n) is 13.2. The van der Waals surface area contributed by atoms with E-state index in [2.05, 4.69) is 10.5 Å². The third kappa shape index (κ3) is 3.41. The predicted octanol–water partition coefficient (Wildman–Crippen LogP) is 4.70. The highest BCUT2D eigenvalue weighted by molar-refractivity contribution is 6.25. The van der Waals surface area contributed by atoms with Crippen LogP contribution < -0.4 is 10.3 Å². The average molecular weight is 561 g/mol. The van der Waals surface area contributed by atoms with Crippen molar-refractivity contribution in [2.75, 3.05) is 4.90 Å². The molecular formula is C32H21FN4O5. The molecule has 9 nitrogen and oxygen atoms in total. The van der Waals surface area contributed by atoms with E-state index in [0.29, 0.717) is 0 Å². The summed E-state index contributed by atoms with van der Waals surface area (Å²) >= 11 is 0. The fourth-order valence-corrected chi connectivity index (χ4v) is 6.95. The number of carbonyl (C=O) groups is 3. The number of nitro benzene ring substituents is 1. The van der Waals surface area contributed by atoms with E-state index in [1.807, 2.05) is 48.5 Å². The second kappa shape index (κ2) is 9.27. The number of anilines is 1. The van der Waals surface area contributed by atoms with Gasteiger partial charge < -0.3 is 0 Å². The van der Waals surface area contributed by atoms with Crippen molar-refractivity contribution in [1.82, 2.24) is 5.43 Å². The number of benzene rings is 4. The van der Waals surface area contributed by atoms with Crippen LogP contribution in [0.25, 0.3) is 0 Å². The molecule has 3 aliphatic carbocycles. The van der Waals surface area contributed by atoms with Crippen LogP contribution >= 0.6 is 0 Å². The molecule has 10 heteroatoms. The zero-order valence-electron chi connectivity index (χ0n) is 21.8. The Morgan fingerprint density at radius 3 is 2.12 bits per heavy atom. The summed E-state index contributed by atoms with van der Waals surface area (Å²) in [5.74, 6) is -4.48. The summed E-state index contributed by atoms with van der Waals surface area (Å²) in [6, 6.07) is 25.7. The summed E-state index contributed by atoms with van der Waals surface area (Å²) in [6.07, 6.45) is 1.49. The number of hydrogen-bond acceptors (Lipinski definition) is 6. The van der Waals surface area contributed by atoms with Gasteiger partial charge in [0.1, 0.15) is 11.5 Å². The number of nitrogens with zero attached hydrogens (tertiary/aromatic N) is 3. The van der Waals surface area contributed by atoms with E-state index in [4.69, 9.17) is 0 Å². The number of amides is 3. The molecule has 0 radical (unpaired) electrons. The number of imide groups is 1. The lowest BCUT2D eigenvalue weighted by Gasteiger charge is -2.52. The highest BCUT2D eigenvalue weighted by atomic mass is 19.1. The Morgan fingerprint density at radius 2 is 1.48 bits per heavy atom. The van der Waals surface area contributed by atoms with Gasteiger partial charge >= 0.3 is 0 Å². The Balaban J connectivity index is 1.41. The minimum Gasteiger partial charge on any atom is -0.274 e. The molecule has 1 aliphatic heterocycles. The molecule has 1 fully saturated rings. The monoisotopic (exact) mass is 560 g/mol. The van der Waals surface area contributed by atoms with Crippen molar-refractivity contribution in [1.29, 1.82) is 0 Å². The molecule has 2 unspecified atom stereocenters. The Morgan fingerprint density at radius 1 is 0.881 bits per heavy atom. The fraction of sp³-hybridized carbons (Fsp3) is 0.125. The molecule has 2 atom stereocenters. The molecule has 206 valence electrons. The van der Waals surface area contributed by atoms with Crippen LogP contribution in [0.2, 0.25) is 0 Å². The molecule has 1 heterocycles. The van der Waals surface area contributed by atoms with Gasteiger partial charge in [-0.25, -0.2) is 14.7 Å². The van der Waals surface area contributed by atoms with Crippen LogP contribution in [0.5, 0.6) is 0 Å². The summed E-state index contributed by atoms with van der Waals surface area (Å²) in [5.41, 5.74) is 4.18. The molecule has 4 aromatic rings. The van der Waals surface area contributed by atoms with Gasteiger partial charge in [0.15, 0.2) is 0 Å². The summed E-state index contributed by atoms with van der Waals surface area (Å²) in [5, 5.41) is 16.2. The summed E-state index contributed by atoms with van der Waals surface area (Å²) in [6.45, 7) is 0. The Kier molecular flexibility index (Phi) is 5.62. The number of nitrogens with one attached hydrogen (secondary N) is 1. The van der Waals surface area contributed by atoms with Crippen molar-refractivity contribution in [2.45, 2.75) is 11.3 Å². The number of hydrogen-bond donors (Lipinski definition) is 1. The lowest BCUT2D eigenvalue weighted by Crippen LogP contribution is -2.54. The van der Waals surface area contributed by atoms with Crippen LogP contribution in [-0.4, -0.2) is 28.9 Å². The number of nitro groups is 1. The Hall–Kier alpha value is -5.51. The molecule has 42 heavy (non-hydrogen) atoms. The smallest absolute Gasteiger partial charge is 0.274 e. The largest absolute Gasteiger partial charge is 0.293 e. The highest BCUT2D eigenvalue weighted by Crippen LogP contribution is 2.63. The van der Waals surface area contributed by atoms with Gasteiger partial charge in [-0.3, -0.25) is 24.5 Å². The van der Waals surface area contributed by atoms with Crippen LogP contribution in [0, 0.1) is 27.8 Å². The van der Waals surface area contributed by atoms with Crippen LogP contribution in [0.15, 0.2) is 102 Å². The number of carbonyl (C=O) groups excluding carboxylic acids is 3. The molecule has 0 aromatic heterocycles. The minimum atomic E-state index is -1.27. The van der Waals surface area contributed by atoms with Gasteiger partial charge in [0.2, 0.25) is 11.8 Å². The molecule has 0 saturated carbocycles. The number of halogens is 1. The Bertz CT molecular complexity index is 1810.